The van der Waals surface area contributed by atoms with Gasteiger partial charge in [-0.3, -0.25) is 24.4 Å². The minimum Gasteiger partial charge on any atom is -0.487 e. The summed E-state index contributed by atoms with van der Waals surface area (Å²) in [5, 5.41) is 14.0. The molecule has 10 heteroatoms. The van der Waals surface area contributed by atoms with Crippen LogP contribution in [0.3, 0.4) is 0 Å². The van der Waals surface area contributed by atoms with Crippen molar-refractivity contribution in [2.24, 2.45) is 0 Å². The average molecular weight is 618 g/mol. The fourth-order valence-corrected chi connectivity index (χ4v) is 6.20. The Balaban J connectivity index is 1.52. The Bertz CT molecular complexity index is 1880. The molecule has 9 nitrogen and oxygen atoms in total. The minimum absolute atomic E-state index is 0.0449. The van der Waals surface area contributed by atoms with E-state index >= 15 is 0 Å². The summed E-state index contributed by atoms with van der Waals surface area (Å²) in [5.41, 5.74) is 5.67. The molecule has 1 aliphatic rings. The van der Waals surface area contributed by atoms with Crippen molar-refractivity contribution in [3.63, 3.8) is 0 Å². The zero-order valence-electron chi connectivity index (χ0n) is 27.3. The summed E-state index contributed by atoms with van der Waals surface area (Å²) in [4.78, 5) is 42.8. The minimum atomic E-state index is -0.449. The van der Waals surface area contributed by atoms with Crippen LogP contribution in [0.25, 0.3) is 16.8 Å². The number of aryl methyl sites for hydroxylation is 2. The molecule has 1 aliphatic heterocycles. The normalized spacial score (nSPS) is 14.9. The predicted octanol–water partition coefficient (Wildman–Crippen LogP) is 5.16. The van der Waals surface area contributed by atoms with E-state index in [-0.39, 0.29) is 29.2 Å². The van der Waals surface area contributed by atoms with Gasteiger partial charge in [0.05, 0.1) is 17.4 Å². The summed E-state index contributed by atoms with van der Waals surface area (Å²) in [6, 6.07) is 20.8. The first-order valence-corrected chi connectivity index (χ1v) is 15.6. The van der Waals surface area contributed by atoms with Crippen molar-refractivity contribution >= 4 is 25.4 Å². The van der Waals surface area contributed by atoms with Crippen LogP contribution in [0.5, 0.6) is 5.75 Å². The van der Waals surface area contributed by atoms with Gasteiger partial charge in [-0.15, -0.1) is 0 Å². The van der Waals surface area contributed by atoms with Gasteiger partial charge in [-0.2, -0.15) is 0 Å². The smallest absolute Gasteiger partial charge is 0.261 e. The molecule has 0 bridgehead atoms. The summed E-state index contributed by atoms with van der Waals surface area (Å²) >= 11 is 0. The molecule has 2 heterocycles. The number of amides is 2. The number of aromatic nitrogens is 2. The fourth-order valence-electron chi connectivity index (χ4n) is 6.20. The molecule has 1 unspecified atom stereocenters. The van der Waals surface area contributed by atoms with Crippen LogP contribution in [0, 0.1) is 12.3 Å². The number of ether oxygens (including phenoxy) is 1. The Hall–Kier alpha value is -4.99. The second-order valence-electron chi connectivity index (χ2n) is 12.5. The zero-order valence-corrected chi connectivity index (χ0v) is 27.3. The first-order valence-electron chi connectivity index (χ1n) is 15.6. The second-order valence-corrected chi connectivity index (χ2v) is 12.5. The maximum absolute atomic E-state index is 14.3. The molecular weight excluding hydrogens is 577 g/mol. The first kappa shape index (κ1) is 32.4. The zero-order chi connectivity index (χ0) is 33.2. The maximum Gasteiger partial charge on any atom is 0.261 e. The highest BCUT2D eigenvalue weighted by molar-refractivity contribution is 6.58. The van der Waals surface area contributed by atoms with E-state index in [1.165, 1.54) is 14.8 Å². The molecular formula is C36H40BN5O4. The Kier molecular flexibility index (Phi) is 9.28. The lowest BCUT2D eigenvalue weighted by Crippen LogP contribution is -2.40. The fraction of sp³-hybridized carbons (Fsp3) is 0.306. The predicted molar refractivity (Wildman–Crippen MR) is 183 cm³/mol. The number of nitrogens with zero attached hydrogens (tertiary/aromatic N) is 2. The van der Waals surface area contributed by atoms with Gasteiger partial charge >= 0.3 is 0 Å². The number of hydrogen-bond acceptors (Lipinski definition) is 6. The molecule has 5 rings (SSSR count). The third kappa shape index (κ3) is 6.96. The number of rotatable bonds is 8. The monoisotopic (exact) mass is 617 g/mol. The van der Waals surface area contributed by atoms with Crippen LogP contribution < -0.4 is 20.9 Å². The standard InChI is InChI=1S/C36H40BN5O4/c1-6-9-30-29(18-23-12-14-24(15-13-23)26-10-7-8-11-27(26)33(38)41-35(37)45)34(44)42(21(2)39-30)25-16-17-32-28(19-25)31(40-22(3)43)20-36(4,5)46-32/h7-8,10-17,19,31H,6,9,18,20,37H2,1-5H3,(H,40,43)(H2,38,41,45). The molecule has 1 atom stereocenters. The number of carbonyl (C=O) groups excluding carboxylic acids is 2. The largest absolute Gasteiger partial charge is 0.487 e. The van der Waals surface area contributed by atoms with E-state index < -0.39 is 5.60 Å². The van der Waals surface area contributed by atoms with Crippen molar-refractivity contribution in [2.75, 3.05) is 0 Å². The lowest BCUT2D eigenvalue weighted by molar-refractivity contribution is -0.120. The van der Waals surface area contributed by atoms with Gasteiger partial charge in [-0.05, 0) is 62.1 Å². The van der Waals surface area contributed by atoms with E-state index in [4.69, 9.17) is 15.1 Å². The molecule has 4 aromatic rings. The van der Waals surface area contributed by atoms with Crippen LogP contribution in [-0.4, -0.2) is 40.5 Å². The lowest BCUT2D eigenvalue weighted by Gasteiger charge is -2.38. The highest BCUT2D eigenvalue weighted by Gasteiger charge is 2.34. The highest BCUT2D eigenvalue weighted by atomic mass is 16.5. The number of amidine groups is 1. The van der Waals surface area contributed by atoms with Crippen molar-refractivity contribution in [2.45, 2.75) is 71.9 Å². The molecule has 0 saturated carbocycles. The van der Waals surface area contributed by atoms with Gasteiger partial charge < -0.3 is 15.4 Å². The van der Waals surface area contributed by atoms with Crippen LogP contribution in [0.15, 0.2) is 71.5 Å². The topological polar surface area (TPSA) is 126 Å². The molecule has 46 heavy (non-hydrogen) atoms. The van der Waals surface area contributed by atoms with Gasteiger partial charge in [-0.1, -0.05) is 61.9 Å². The van der Waals surface area contributed by atoms with Crippen molar-refractivity contribution in [1.29, 1.82) is 5.41 Å². The van der Waals surface area contributed by atoms with Crippen molar-refractivity contribution < 1.29 is 14.3 Å². The van der Waals surface area contributed by atoms with Gasteiger partial charge in [-0.25, -0.2) is 4.98 Å². The second kappa shape index (κ2) is 13.2. The van der Waals surface area contributed by atoms with Gasteiger partial charge in [0.2, 0.25) is 13.8 Å². The Labute approximate surface area is 270 Å². The molecule has 0 radical (unpaired) electrons. The van der Waals surface area contributed by atoms with Crippen LogP contribution >= 0.6 is 0 Å². The van der Waals surface area contributed by atoms with E-state index in [0.717, 1.165) is 34.4 Å². The van der Waals surface area contributed by atoms with Crippen LogP contribution in [0.1, 0.15) is 80.4 Å². The molecule has 3 aromatic carbocycles. The molecule has 1 aromatic heterocycles. The van der Waals surface area contributed by atoms with Crippen molar-refractivity contribution in [3.05, 3.63) is 111 Å². The first-order chi connectivity index (χ1) is 21.9. The van der Waals surface area contributed by atoms with Crippen LogP contribution in [0.4, 0.5) is 4.79 Å². The molecule has 3 N–H and O–H groups in total. The Morgan fingerprint density at radius 2 is 1.83 bits per heavy atom. The Morgan fingerprint density at radius 3 is 2.50 bits per heavy atom. The van der Waals surface area contributed by atoms with Gasteiger partial charge in [0.15, 0.2) is 5.81 Å². The van der Waals surface area contributed by atoms with Crippen LogP contribution in [-0.2, 0) is 17.6 Å². The van der Waals surface area contributed by atoms with Gasteiger partial charge in [0.25, 0.3) is 5.56 Å². The quantitative estimate of drug-likeness (QED) is 0.143. The number of carbonyl (C=O) groups is 2. The summed E-state index contributed by atoms with van der Waals surface area (Å²) in [6.45, 7) is 9.42. The van der Waals surface area contributed by atoms with Crippen LogP contribution in [0.2, 0.25) is 0 Å². The maximum atomic E-state index is 14.3. The number of nitrogens with one attached hydrogen (secondary N) is 3. The SMILES string of the molecule is BC(=O)NC(=N)c1ccccc1-c1ccc(Cc2c(CCC)nc(C)n(-c3ccc4c(c3)C(NC(C)=O)CC(C)(C)O4)c2=O)cc1. The summed E-state index contributed by atoms with van der Waals surface area (Å²) in [6.07, 6.45) is 2.54. The third-order valence-electron chi connectivity index (χ3n) is 8.15. The summed E-state index contributed by atoms with van der Waals surface area (Å²) in [5.74, 6) is 0.910. The summed E-state index contributed by atoms with van der Waals surface area (Å²) in [7, 11) is 1.38. The van der Waals surface area contributed by atoms with Crippen molar-refractivity contribution in [1.82, 2.24) is 20.2 Å². The molecule has 0 spiro atoms. The van der Waals surface area contributed by atoms with E-state index in [1.807, 2.05) is 87.5 Å². The van der Waals surface area contributed by atoms with Crippen molar-refractivity contribution in [3.8, 4) is 22.6 Å². The van der Waals surface area contributed by atoms with E-state index in [0.29, 0.717) is 47.7 Å². The Morgan fingerprint density at radius 1 is 1.11 bits per heavy atom. The summed E-state index contributed by atoms with van der Waals surface area (Å²) < 4.78 is 7.88. The van der Waals surface area contributed by atoms with E-state index in [9.17, 15) is 14.4 Å². The van der Waals surface area contributed by atoms with Gasteiger partial charge in [0, 0.05) is 36.5 Å². The number of benzene rings is 3. The molecule has 0 fully saturated rings. The molecule has 2 amide bonds. The molecule has 0 aliphatic carbocycles. The molecule has 0 saturated heterocycles. The number of fused-ring (bicyclic) bond motifs is 1. The van der Waals surface area contributed by atoms with E-state index in [1.54, 1.807) is 4.57 Å². The molecule has 236 valence electrons. The van der Waals surface area contributed by atoms with E-state index in [2.05, 4.69) is 17.6 Å². The number of hydrogen-bond donors (Lipinski definition) is 3. The highest BCUT2D eigenvalue weighted by Crippen LogP contribution is 2.40. The average Bonchev–Trinajstić information content (AvgIpc) is 2.98. The van der Waals surface area contributed by atoms with Gasteiger partial charge in [0.1, 0.15) is 23.0 Å². The lowest BCUT2D eigenvalue weighted by atomic mass is 9.89. The third-order valence-corrected chi connectivity index (χ3v) is 8.15.